The van der Waals surface area contributed by atoms with Crippen molar-refractivity contribution >= 4 is 16.8 Å². The normalized spacial score (nSPS) is 21.9. The minimum Gasteiger partial charge on any atom is -0.338 e. The lowest BCUT2D eigenvalue weighted by Crippen LogP contribution is -2.49. The number of likely N-dealkylation sites (tertiary alicyclic amines) is 1. The van der Waals surface area contributed by atoms with Crippen molar-refractivity contribution < 1.29 is 4.79 Å². The number of carbonyl (C=O) groups is 1. The molecule has 4 nitrogen and oxygen atoms in total. The van der Waals surface area contributed by atoms with Crippen molar-refractivity contribution in [1.82, 2.24) is 14.8 Å². The van der Waals surface area contributed by atoms with Crippen LogP contribution in [0.5, 0.6) is 0 Å². The fraction of sp³-hybridized carbons (Fsp3) is 0.500. The smallest absolute Gasteiger partial charge is 0.255 e. The second-order valence-electron chi connectivity index (χ2n) is 7.33. The number of hydrogen-bond acceptors (Lipinski definition) is 3. The van der Waals surface area contributed by atoms with E-state index in [0.29, 0.717) is 12.0 Å². The summed E-state index contributed by atoms with van der Waals surface area (Å²) in [6.07, 6.45) is 1.03. The minimum absolute atomic E-state index is 0.0869. The van der Waals surface area contributed by atoms with Crippen LogP contribution in [0.15, 0.2) is 24.3 Å². The van der Waals surface area contributed by atoms with Gasteiger partial charge in [-0.05, 0) is 57.5 Å². The summed E-state index contributed by atoms with van der Waals surface area (Å²) in [5.74, 6) is 0.568. The maximum atomic E-state index is 13.1. The lowest BCUT2D eigenvalue weighted by molar-refractivity contribution is 0.0548. The molecule has 1 aliphatic rings. The molecule has 0 spiro atoms. The number of aromatic nitrogens is 1. The molecular formula is C20H27N3O. The summed E-state index contributed by atoms with van der Waals surface area (Å²) < 4.78 is 0. The molecule has 4 heteroatoms. The Morgan fingerprint density at radius 3 is 2.75 bits per heavy atom. The standard InChI is InChI=1S/C20H27N3O/c1-13-6-7-16-11-17(15(3)21-18(16)10-13)20(24)23(5)19-8-9-22(4)12-14(19)2/h6-7,10-11,14,19H,8-9,12H2,1-5H3. The van der Waals surface area contributed by atoms with Gasteiger partial charge in [0.2, 0.25) is 0 Å². The molecule has 2 heterocycles. The van der Waals surface area contributed by atoms with Crippen LogP contribution in [0.2, 0.25) is 0 Å². The van der Waals surface area contributed by atoms with E-state index in [1.165, 1.54) is 5.56 Å². The SMILES string of the molecule is Cc1ccc2cc(C(=O)N(C)C3CCN(C)CC3C)c(C)nc2c1. The number of nitrogens with zero attached hydrogens (tertiary/aromatic N) is 3. The Labute approximate surface area is 144 Å². The molecule has 24 heavy (non-hydrogen) atoms. The average molecular weight is 325 g/mol. The third-order valence-electron chi connectivity index (χ3n) is 5.28. The van der Waals surface area contributed by atoms with E-state index in [0.717, 1.165) is 41.7 Å². The molecule has 1 aromatic heterocycles. The van der Waals surface area contributed by atoms with E-state index in [1.807, 2.05) is 31.0 Å². The van der Waals surface area contributed by atoms with Gasteiger partial charge in [-0.2, -0.15) is 0 Å². The van der Waals surface area contributed by atoms with Crippen molar-refractivity contribution in [3.05, 3.63) is 41.1 Å². The molecule has 2 aromatic rings. The molecule has 128 valence electrons. The largest absolute Gasteiger partial charge is 0.338 e. The molecule has 1 aromatic carbocycles. The molecule has 2 unspecified atom stereocenters. The van der Waals surface area contributed by atoms with Crippen molar-refractivity contribution in [2.75, 3.05) is 27.2 Å². The fourth-order valence-corrected chi connectivity index (χ4v) is 3.85. The number of amides is 1. The maximum Gasteiger partial charge on any atom is 0.255 e. The van der Waals surface area contributed by atoms with Gasteiger partial charge in [-0.15, -0.1) is 0 Å². The van der Waals surface area contributed by atoms with E-state index in [1.54, 1.807) is 0 Å². The third kappa shape index (κ3) is 3.16. The summed E-state index contributed by atoms with van der Waals surface area (Å²) >= 11 is 0. The quantitative estimate of drug-likeness (QED) is 0.850. The average Bonchev–Trinajstić information content (AvgIpc) is 2.53. The number of fused-ring (bicyclic) bond motifs is 1. The molecule has 1 saturated heterocycles. The first-order valence-electron chi connectivity index (χ1n) is 8.70. The van der Waals surface area contributed by atoms with Crippen LogP contribution >= 0.6 is 0 Å². The molecule has 0 aliphatic carbocycles. The van der Waals surface area contributed by atoms with Crippen molar-refractivity contribution in [1.29, 1.82) is 0 Å². The van der Waals surface area contributed by atoms with Crippen LogP contribution in [0, 0.1) is 19.8 Å². The van der Waals surface area contributed by atoms with Crippen molar-refractivity contribution in [2.24, 2.45) is 5.92 Å². The molecule has 3 rings (SSSR count). The number of rotatable bonds is 2. The number of carbonyl (C=O) groups excluding carboxylic acids is 1. The van der Waals surface area contributed by atoms with Crippen LogP contribution in [0.3, 0.4) is 0 Å². The van der Waals surface area contributed by atoms with Crippen LogP contribution < -0.4 is 0 Å². The molecule has 1 fully saturated rings. The van der Waals surface area contributed by atoms with Gasteiger partial charge in [-0.1, -0.05) is 19.1 Å². The van der Waals surface area contributed by atoms with Gasteiger partial charge < -0.3 is 9.80 Å². The molecular weight excluding hydrogens is 298 g/mol. The van der Waals surface area contributed by atoms with Gasteiger partial charge in [0.05, 0.1) is 16.8 Å². The molecule has 0 saturated carbocycles. The monoisotopic (exact) mass is 325 g/mol. The van der Waals surface area contributed by atoms with Gasteiger partial charge >= 0.3 is 0 Å². The van der Waals surface area contributed by atoms with Crippen LogP contribution in [0.25, 0.3) is 10.9 Å². The lowest BCUT2D eigenvalue weighted by Gasteiger charge is -2.40. The van der Waals surface area contributed by atoms with Gasteiger partial charge in [0.1, 0.15) is 0 Å². The van der Waals surface area contributed by atoms with Gasteiger partial charge in [0.25, 0.3) is 5.91 Å². The zero-order valence-electron chi connectivity index (χ0n) is 15.3. The number of benzene rings is 1. The summed E-state index contributed by atoms with van der Waals surface area (Å²) in [5.41, 5.74) is 3.68. The van der Waals surface area contributed by atoms with Crippen molar-refractivity contribution in [3.63, 3.8) is 0 Å². The molecule has 1 aliphatic heterocycles. The summed E-state index contributed by atoms with van der Waals surface area (Å²) in [4.78, 5) is 22.0. The first kappa shape index (κ1) is 16.9. The molecule has 0 bridgehead atoms. The Morgan fingerprint density at radius 2 is 2.04 bits per heavy atom. The first-order chi connectivity index (χ1) is 11.4. The van der Waals surface area contributed by atoms with Crippen molar-refractivity contribution in [2.45, 2.75) is 33.2 Å². The molecule has 0 radical (unpaired) electrons. The Kier molecular flexibility index (Phi) is 4.59. The minimum atomic E-state index is 0.0869. The zero-order chi connectivity index (χ0) is 17.4. The van der Waals surface area contributed by atoms with Gasteiger partial charge in [0.15, 0.2) is 0 Å². The van der Waals surface area contributed by atoms with Gasteiger partial charge in [-0.25, -0.2) is 0 Å². The Hall–Kier alpha value is -1.94. The molecule has 2 atom stereocenters. The van der Waals surface area contributed by atoms with E-state index >= 15 is 0 Å². The van der Waals surface area contributed by atoms with E-state index in [4.69, 9.17) is 0 Å². The number of pyridine rings is 1. The maximum absolute atomic E-state index is 13.1. The Balaban J connectivity index is 1.90. The third-order valence-corrected chi connectivity index (χ3v) is 5.28. The topological polar surface area (TPSA) is 36.4 Å². The predicted octanol–water partition coefficient (Wildman–Crippen LogP) is 3.26. The van der Waals surface area contributed by atoms with Crippen molar-refractivity contribution in [3.8, 4) is 0 Å². The van der Waals surface area contributed by atoms with E-state index in [-0.39, 0.29) is 5.91 Å². The van der Waals surface area contributed by atoms with Crippen LogP contribution in [-0.2, 0) is 0 Å². The summed E-state index contributed by atoms with van der Waals surface area (Å²) in [6, 6.07) is 8.47. The van der Waals surface area contributed by atoms with Crippen LogP contribution in [0.1, 0.15) is 35.0 Å². The first-order valence-corrected chi connectivity index (χ1v) is 8.70. The highest BCUT2D eigenvalue weighted by Gasteiger charge is 2.31. The molecule has 1 amide bonds. The Bertz CT molecular complexity index is 771. The highest BCUT2D eigenvalue weighted by molar-refractivity contribution is 5.98. The zero-order valence-corrected chi connectivity index (χ0v) is 15.3. The van der Waals surface area contributed by atoms with Gasteiger partial charge in [0, 0.05) is 25.0 Å². The van der Waals surface area contributed by atoms with Crippen LogP contribution in [0.4, 0.5) is 0 Å². The summed E-state index contributed by atoms with van der Waals surface area (Å²) in [6.45, 7) is 8.31. The number of piperidine rings is 1. The van der Waals surface area contributed by atoms with Gasteiger partial charge in [-0.3, -0.25) is 9.78 Å². The Morgan fingerprint density at radius 1 is 1.29 bits per heavy atom. The summed E-state index contributed by atoms with van der Waals surface area (Å²) in [7, 11) is 4.08. The number of hydrogen-bond donors (Lipinski definition) is 0. The fourth-order valence-electron chi connectivity index (χ4n) is 3.85. The van der Waals surface area contributed by atoms with E-state index < -0.39 is 0 Å². The second kappa shape index (κ2) is 6.52. The number of aryl methyl sites for hydroxylation is 2. The molecule has 0 N–H and O–H groups in total. The summed E-state index contributed by atoms with van der Waals surface area (Å²) in [5, 5.41) is 1.03. The van der Waals surface area contributed by atoms with E-state index in [2.05, 4.69) is 42.9 Å². The van der Waals surface area contributed by atoms with E-state index in [9.17, 15) is 4.79 Å². The predicted molar refractivity (Wildman–Crippen MR) is 98.4 cm³/mol. The highest BCUT2D eigenvalue weighted by Crippen LogP contribution is 2.24. The van der Waals surface area contributed by atoms with Crippen LogP contribution in [-0.4, -0.2) is 53.9 Å². The lowest BCUT2D eigenvalue weighted by atomic mass is 9.92. The second-order valence-corrected chi connectivity index (χ2v) is 7.33. The highest BCUT2D eigenvalue weighted by atomic mass is 16.2.